The van der Waals surface area contributed by atoms with E-state index in [1.165, 1.54) is 9.80 Å². The zero-order chi connectivity index (χ0) is 15.4. The molecule has 1 fully saturated rings. The van der Waals surface area contributed by atoms with Crippen LogP contribution in [0.15, 0.2) is 30.3 Å². The number of primary amides is 1. The van der Waals surface area contributed by atoms with Gasteiger partial charge in [0.15, 0.2) is 0 Å². The fourth-order valence-electron chi connectivity index (χ4n) is 2.41. The van der Waals surface area contributed by atoms with Crippen molar-refractivity contribution in [2.45, 2.75) is 12.8 Å². The number of piperidine rings is 1. The van der Waals surface area contributed by atoms with Gasteiger partial charge in [-0.2, -0.15) is 0 Å². The average molecular weight is 289 g/mol. The van der Waals surface area contributed by atoms with E-state index >= 15 is 0 Å². The Morgan fingerprint density at radius 1 is 1.14 bits per heavy atom. The van der Waals surface area contributed by atoms with Crippen molar-refractivity contribution in [1.82, 2.24) is 4.90 Å². The van der Waals surface area contributed by atoms with Crippen LogP contribution in [0.1, 0.15) is 12.8 Å². The van der Waals surface area contributed by atoms with Crippen LogP contribution in [0.2, 0.25) is 0 Å². The lowest BCUT2D eigenvalue weighted by Crippen LogP contribution is -2.48. The Balaban J connectivity index is 1.97. The molecule has 112 valence electrons. The molecule has 1 heterocycles. The molecule has 0 spiro atoms. The van der Waals surface area contributed by atoms with Crippen LogP contribution < -0.4 is 10.6 Å². The number of hydrogen-bond donors (Lipinski definition) is 1. The second kappa shape index (κ2) is 6.39. The molecule has 6 nitrogen and oxygen atoms in total. The molecule has 21 heavy (non-hydrogen) atoms. The lowest BCUT2D eigenvalue weighted by molar-refractivity contribution is -0.145. The van der Waals surface area contributed by atoms with E-state index in [4.69, 9.17) is 5.73 Å². The van der Waals surface area contributed by atoms with Gasteiger partial charge in [0.05, 0.1) is 0 Å². The number of anilines is 1. The van der Waals surface area contributed by atoms with E-state index < -0.39 is 11.8 Å². The van der Waals surface area contributed by atoms with Crippen molar-refractivity contribution < 1.29 is 14.4 Å². The second-order valence-electron chi connectivity index (χ2n) is 5.17. The van der Waals surface area contributed by atoms with Gasteiger partial charge in [-0.25, -0.2) is 0 Å². The van der Waals surface area contributed by atoms with Crippen molar-refractivity contribution in [3.63, 3.8) is 0 Å². The second-order valence-corrected chi connectivity index (χ2v) is 5.17. The normalized spacial score (nSPS) is 15.6. The summed E-state index contributed by atoms with van der Waals surface area (Å²) in [5, 5.41) is 0. The predicted molar refractivity (Wildman–Crippen MR) is 78.4 cm³/mol. The van der Waals surface area contributed by atoms with Gasteiger partial charge in [-0.15, -0.1) is 0 Å². The van der Waals surface area contributed by atoms with Gasteiger partial charge in [0.25, 0.3) is 0 Å². The Hall–Kier alpha value is -2.37. The molecule has 0 atom stereocenters. The number of amides is 3. The van der Waals surface area contributed by atoms with Crippen LogP contribution in [-0.2, 0) is 14.4 Å². The molecular weight excluding hydrogens is 270 g/mol. The van der Waals surface area contributed by atoms with Crippen LogP contribution in [-0.4, -0.2) is 42.8 Å². The number of likely N-dealkylation sites (tertiary alicyclic amines) is 1. The number of likely N-dealkylation sites (N-methyl/N-ethyl adjacent to an activating group) is 1. The van der Waals surface area contributed by atoms with Gasteiger partial charge in [0, 0.05) is 31.7 Å². The third kappa shape index (κ3) is 3.39. The van der Waals surface area contributed by atoms with Crippen LogP contribution in [0.5, 0.6) is 0 Å². The van der Waals surface area contributed by atoms with Gasteiger partial charge < -0.3 is 15.5 Å². The van der Waals surface area contributed by atoms with Crippen molar-refractivity contribution in [3.05, 3.63) is 30.3 Å². The molecule has 0 bridgehead atoms. The largest absolute Gasteiger partial charge is 0.369 e. The van der Waals surface area contributed by atoms with Gasteiger partial charge >= 0.3 is 11.8 Å². The van der Waals surface area contributed by atoms with E-state index in [0.29, 0.717) is 31.6 Å². The first kappa shape index (κ1) is 15.0. The average Bonchev–Trinajstić information content (AvgIpc) is 2.53. The molecule has 0 saturated carbocycles. The minimum absolute atomic E-state index is 0.198. The zero-order valence-electron chi connectivity index (χ0n) is 12.0. The number of carbonyl (C=O) groups excluding carboxylic acids is 3. The summed E-state index contributed by atoms with van der Waals surface area (Å²) >= 11 is 0. The van der Waals surface area contributed by atoms with Gasteiger partial charge in [-0.1, -0.05) is 18.2 Å². The highest BCUT2D eigenvalue weighted by molar-refractivity contribution is 6.40. The molecule has 2 N–H and O–H groups in total. The van der Waals surface area contributed by atoms with E-state index in [0.717, 1.165) is 0 Å². The summed E-state index contributed by atoms with van der Waals surface area (Å²) in [6, 6.07) is 9.00. The Labute approximate surface area is 123 Å². The van der Waals surface area contributed by atoms with E-state index in [1.54, 1.807) is 19.2 Å². The molecule has 0 radical (unpaired) electrons. The summed E-state index contributed by atoms with van der Waals surface area (Å²) in [4.78, 5) is 38.3. The third-order valence-electron chi connectivity index (χ3n) is 3.82. The number of benzene rings is 1. The topological polar surface area (TPSA) is 83.7 Å². The molecule has 2 rings (SSSR count). The van der Waals surface area contributed by atoms with Crippen LogP contribution in [0.25, 0.3) is 0 Å². The number of rotatable bonds is 2. The quantitative estimate of drug-likeness (QED) is 0.799. The maximum Gasteiger partial charge on any atom is 0.316 e. The highest BCUT2D eigenvalue weighted by atomic mass is 16.2. The third-order valence-corrected chi connectivity index (χ3v) is 3.82. The maximum absolute atomic E-state index is 12.2. The fourth-order valence-corrected chi connectivity index (χ4v) is 2.41. The van der Waals surface area contributed by atoms with Gasteiger partial charge in [0.2, 0.25) is 5.91 Å². The Kier molecular flexibility index (Phi) is 4.57. The number of hydrogen-bond acceptors (Lipinski definition) is 3. The molecule has 0 aliphatic carbocycles. The van der Waals surface area contributed by atoms with Gasteiger partial charge in [-0.05, 0) is 25.0 Å². The molecule has 0 unspecified atom stereocenters. The zero-order valence-corrected chi connectivity index (χ0v) is 12.0. The van der Waals surface area contributed by atoms with Crippen molar-refractivity contribution in [2.24, 2.45) is 11.7 Å². The van der Waals surface area contributed by atoms with Gasteiger partial charge in [0.1, 0.15) is 0 Å². The van der Waals surface area contributed by atoms with Crippen molar-refractivity contribution in [1.29, 1.82) is 0 Å². The Morgan fingerprint density at radius 2 is 1.71 bits per heavy atom. The maximum atomic E-state index is 12.2. The Morgan fingerprint density at radius 3 is 2.24 bits per heavy atom. The smallest absolute Gasteiger partial charge is 0.316 e. The highest BCUT2D eigenvalue weighted by Crippen LogP contribution is 2.18. The highest BCUT2D eigenvalue weighted by Gasteiger charge is 2.30. The van der Waals surface area contributed by atoms with Crippen molar-refractivity contribution >= 4 is 23.4 Å². The molecular formula is C15H19N3O3. The summed E-state index contributed by atoms with van der Waals surface area (Å²) < 4.78 is 0. The summed E-state index contributed by atoms with van der Waals surface area (Å²) in [5.41, 5.74) is 5.92. The van der Waals surface area contributed by atoms with Crippen molar-refractivity contribution in [3.8, 4) is 0 Å². The van der Waals surface area contributed by atoms with Crippen LogP contribution in [0.4, 0.5) is 5.69 Å². The SMILES string of the molecule is CN(C(=O)C(=O)N1CCC(C(N)=O)CC1)c1ccccc1. The minimum atomic E-state index is -0.571. The number of nitrogens with zero attached hydrogens (tertiary/aromatic N) is 2. The predicted octanol–water partition coefficient (Wildman–Crippen LogP) is 0.373. The Bertz CT molecular complexity index is 536. The number of nitrogens with two attached hydrogens (primary N) is 1. The summed E-state index contributed by atoms with van der Waals surface area (Å²) in [6.45, 7) is 0.779. The molecule has 6 heteroatoms. The van der Waals surface area contributed by atoms with E-state index in [1.807, 2.05) is 18.2 Å². The molecule has 1 aromatic rings. The first-order valence-electron chi connectivity index (χ1n) is 6.92. The van der Waals surface area contributed by atoms with Crippen LogP contribution >= 0.6 is 0 Å². The molecule has 3 amide bonds. The first-order valence-corrected chi connectivity index (χ1v) is 6.92. The van der Waals surface area contributed by atoms with E-state index in [9.17, 15) is 14.4 Å². The fraction of sp³-hybridized carbons (Fsp3) is 0.400. The van der Waals surface area contributed by atoms with Gasteiger partial charge in [-0.3, -0.25) is 14.4 Å². The van der Waals surface area contributed by atoms with Crippen molar-refractivity contribution in [2.75, 3.05) is 25.0 Å². The minimum Gasteiger partial charge on any atom is -0.369 e. The summed E-state index contributed by atoms with van der Waals surface area (Å²) in [5.74, 6) is -1.64. The standard InChI is InChI=1S/C15H19N3O3/c1-17(12-5-3-2-4-6-12)14(20)15(21)18-9-7-11(8-10-18)13(16)19/h2-6,11H,7-10H2,1H3,(H2,16,19). The summed E-state index contributed by atoms with van der Waals surface area (Å²) in [7, 11) is 1.58. The summed E-state index contributed by atoms with van der Waals surface area (Å²) in [6.07, 6.45) is 1.03. The molecule has 1 aliphatic heterocycles. The lowest BCUT2D eigenvalue weighted by atomic mass is 9.96. The van der Waals surface area contributed by atoms with E-state index in [2.05, 4.69) is 0 Å². The van der Waals surface area contributed by atoms with Crippen LogP contribution in [0, 0.1) is 5.92 Å². The number of para-hydroxylation sites is 1. The monoisotopic (exact) mass is 289 g/mol. The molecule has 1 aliphatic rings. The molecule has 0 aromatic heterocycles. The first-order chi connectivity index (χ1) is 10.0. The molecule has 1 saturated heterocycles. The van der Waals surface area contributed by atoms with E-state index in [-0.39, 0.29) is 11.8 Å². The number of carbonyl (C=O) groups is 3. The molecule has 1 aromatic carbocycles. The lowest BCUT2D eigenvalue weighted by Gasteiger charge is -2.31. The van der Waals surface area contributed by atoms with Crippen LogP contribution in [0.3, 0.4) is 0 Å².